The van der Waals surface area contributed by atoms with Crippen molar-refractivity contribution in [3.05, 3.63) is 0 Å². The average molecular weight is 190 g/mol. The summed E-state index contributed by atoms with van der Waals surface area (Å²) in [5, 5.41) is 0. The van der Waals surface area contributed by atoms with Crippen LogP contribution in [0.4, 0.5) is 13.2 Å². The molecule has 0 aromatic heterocycles. The largest absolute Gasteiger partial charge is 0.389 e. The van der Waals surface area contributed by atoms with Crippen molar-refractivity contribution in [3.8, 4) is 0 Å². The molecule has 11 heavy (non-hydrogen) atoms. The summed E-state index contributed by atoms with van der Waals surface area (Å²) in [5.41, 5.74) is 0. The van der Waals surface area contributed by atoms with Gasteiger partial charge in [0.1, 0.15) is 9.84 Å². The highest BCUT2D eigenvalue weighted by atomic mass is 32.2. The Hall–Kier alpha value is -0.260. The first-order chi connectivity index (χ1) is 4.71. The molecule has 0 saturated heterocycles. The monoisotopic (exact) mass is 190 g/mol. The van der Waals surface area contributed by atoms with Crippen LogP contribution in [-0.4, -0.2) is 26.6 Å². The van der Waals surface area contributed by atoms with Crippen LogP contribution in [-0.2, 0) is 9.84 Å². The zero-order chi connectivity index (χ0) is 9.12. The second-order valence-electron chi connectivity index (χ2n) is 2.35. The van der Waals surface area contributed by atoms with E-state index in [-0.39, 0.29) is 6.42 Å². The highest BCUT2D eigenvalue weighted by Crippen LogP contribution is 2.21. The topological polar surface area (TPSA) is 34.1 Å². The molecule has 0 aliphatic carbocycles. The van der Waals surface area contributed by atoms with Crippen molar-refractivity contribution < 1.29 is 21.6 Å². The van der Waals surface area contributed by atoms with Gasteiger partial charge in [-0.25, -0.2) is 8.42 Å². The van der Waals surface area contributed by atoms with Gasteiger partial charge in [-0.2, -0.15) is 13.2 Å². The fraction of sp³-hybridized carbons (Fsp3) is 1.00. The molecule has 0 spiro atoms. The van der Waals surface area contributed by atoms with Crippen LogP contribution in [0.15, 0.2) is 0 Å². The minimum Gasteiger partial charge on any atom is -0.229 e. The second-order valence-corrected chi connectivity index (χ2v) is 4.61. The Kier molecular flexibility index (Phi) is 3.34. The van der Waals surface area contributed by atoms with Crippen LogP contribution < -0.4 is 0 Å². The van der Waals surface area contributed by atoms with Gasteiger partial charge in [0.15, 0.2) is 0 Å². The summed E-state index contributed by atoms with van der Waals surface area (Å²) < 4.78 is 55.0. The maximum absolute atomic E-state index is 11.4. The average Bonchev–Trinajstić information content (AvgIpc) is 1.55. The van der Waals surface area contributed by atoms with Crippen LogP contribution in [0.3, 0.4) is 0 Å². The van der Waals surface area contributed by atoms with Gasteiger partial charge < -0.3 is 0 Å². The summed E-state index contributed by atoms with van der Waals surface area (Å²) in [4.78, 5) is 0. The van der Waals surface area contributed by atoms with Crippen LogP contribution in [0, 0.1) is 0 Å². The van der Waals surface area contributed by atoms with E-state index >= 15 is 0 Å². The van der Waals surface area contributed by atoms with Gasteiger partial charge in [0.05, 0.1) is 5.75 Å². The molecule has 0 atom stereocenters. The van der Waals surface area contributed by atoms with E-state index in [9.17, 15) is 21.6 Å². The fourth-order valence-electron chi connectivity index (χ4n) is 0.535. The van der Waals surface area contributed by atoms with Crippen molar-refractivity contribution in [2.24, 2.45) is 0 Å². The van der Waals surface area contributed by atoms with Crippen molar-refractivity contribution in [2.75, 3.05) is 12.0 Å². The van der Waals surface area contributed by atoms with Crippen molar-refractivity contribution >= 4 is 9.84 Å². The molecule has 0 heterocycles. The Bertz CT molecular complexity index is 204. The first-order valence-electron chi connectivity index (χ1n) is 2.95. The number of hydrogen-bond acceptors (Lipinski definition) is 2. The first-order valence-corrected chi connectivity index (χ1v) is 5.01. The third kappa shape index (κ3) is 9.74. The number of alkyl halides is 3. The van der Waals surface area contributed by atoms with Gasteiger partial charge in [-0.05, 0) is 6.42 Å². The molecule has 0 aliphatic rings. The van der Waals surface area contributed by atoms with E-state index in [4.69, 9.17) is 0 Å². The predicted octanol–water partition coefficient (Wildman–Crippen LogP) is 1.37. The molecule has 2 nitrogen and oxygen atoms in total. The maximum Gasteiger partial charge on any atom is 0.389 e. The molecule has 0 aromatic rings. The third-order valence-electron chi connectivity index (χ3n) is 0.975. The van der Waals surface area contributed by atoms with Crippen molar-refractivity contribution in [3.63, 3.8) is 0 Å². The Labute approximate surface area is 63.3 Å². The number of rotatable bonds is 3. The van der Waals surface area contributed by atoms with Crippen LogP contribution in [0.1, 0.15) is 12.8 Å². The molecule has 0 radical (unpaired) electrons. The number of sulfone groups is 1. The van der Waals surface area contributed by atoms with Crippen LogP contribution in [0.2, 0.25) is 0 Å². The van der Waals surface area contributed by atoms with Crippen molar-refractivity contribution in [1.29, 1.82) is 0 Å². The Morgan fingerprint density at radius 2 is 1.73 bits per heavy atom. The van der Waals surface area contributed by atoms with Crippen molar-refractivity contribution in [1.82, 2.24) is 0 Å². The van der Waals surface area contributed by atoms with E-state index in [0.717, 1.165) is 6.26 Å². The quantitative estimate of drug-likeness (QED) is 0.673. The molecular formula is C5H9F3O2S. The molecule has 0 rings (SSSR count). The molecule has 0 saturated carbocycles. The molecular weight excluding hydrogens is 181 g/mol. The molecule has 6 heteroatoms. The number of halogens is 3. The maximum atomic E-state index is 11.4. The van der Waals surface area contributed by atoms with Crippen LogP contribution >= 0.6 is 0 Å². The normalized spacial score (nSPS) is 13.5. The Morgan fingerprint density at radius 1 is 1.27 bits per heavy atom. The smallest absolute Gasteiger partial charge is 0.229 e. The Morgan fingerprint density at radius 3 is 2.00 bits per heavy atom. The molecule has 0 aliphatic heterocycles. The minimum atomic E-state index is -4.25. The molecule has 0 fully saturated rings. The van der Waals surface area contributed by atoms with Crippen LogP contribution in [0.5, 0.6) is 0 Å². The van der Waals surface area contributed by atoms with E-state index in [1.807, 2.05) is 0 Å². The first kappa shape index (κ1) is 10.7. The van der Waals surface area contributed by atoms with Gasteiger partial charge >= 0.3 is 6.18 Å². The molecule has 0 amide bonds. The van der Waals surface area contributed by atoms with E-state index in [2.05, 4.69) is 0 Å². The summed E-state index contributed by atoms with van der Waals surface area (Å²) in [6.45, 7) is 0. The third-order valence-corrected chi connectivity index (χ3v) is 2.01. The van der Waals surface area contributed by atoms with Gasteiger partial charge in [-0.15, -0.1) is 0 Å². The van der Waals surface area contributed by atoms with Gasteiger partial charge in [-0.1, -0.05) is 0 Å². The highest BCUT2D eigenvalue weighted by Gasteiger charge is 2.26. The predicted molar refractivity (Wildman–Crippen MR) is 35.0 cm³/mol. The van der Waals surface area contributed by atoms with E-state index in [0.29, 0.717) is 0 Å². The zero-order valence-electron chi connectivity index (χ0n) is 5.98. The summed E-state index contributed by atoms with van der Waals surface area (Å²) in [7, 11) is -3.25. The molecule has 0 aromatic carbocycles. The van der Waals surface area contributed by atoms with Gasteiger partial charge in [0.25, 0.3) is 0 Å². The second kappa shape index (κ2) is 3.42. The zero-order valence-corrected chi connectivity index (χ0v) is 6.80. The highest BCUT2D eigenvalue weighted by molar-refractivity contribution is 7.90. The van der Waals surface area contributed by atoms with E-state index < -0.39 is 28.2 Å². The molecule has 0 bridgehead atoms. The summed E-state index contributed by atoms with van der Waals surface area (Å²) in [6.07, 6.45) is -4.70. The lowest BCUT2D eigenvalue weighted by Gasteiger charge is -2.03. The van der Waals surface area contributed by atoms with Gasteiger partial charge in [-0.3, -0.25) is 0 Å². The molecule has 68 valence electrons. The summed E-state index contributed by atoms with van der Waals surface area (Å²) in [6, 6.07) is 0. The standard InChI is InChI=1S/C5H9F3O2S/c1-11(9,10)4-2-3-5(6,7)8/h2-4H2,1H3. The van der Waals surface area contributed by atoms with Gasteiger partial charge in [0, 0.05) is 12.7 Å². The van der Waals surface area contributed by atoms with E-state index in [1.54, 1.807) is 0 Å². The van der Waals surface area contributed by atoms with Crippen LogP contribution in [0.25, 0.3) is 0 Å². The van der Waals surface area contributed by atoms with E-state index in [1.165, 1.54) is 0 Å². The van der Waals surface area contributed by atoms with Crippen molar-refractivity contribution in [2.45, 2.75) is 19.0 Å². The Balaban J connectivity index is 3.61. The minimum absolute atomic E-state index is 0.345. The number of hydrogen-bond donors (Lipinski definition) is 0. The lowest BCUT2D eigenvalue weighted by Crippen LogP contribution is -2.11. The summed E-state index contributed by atoms with van der Waals surface area (Å²) in [5.74, 6) is -0.396. The lowest BCUT2D eigenvalue weighted by atomic mass is 10.3. The molecule has 0 unspecified atom stereocenters. The SMILES string of the molecule is CS(=O)(=O)CCCC(F)(F)F. The molecule has 0 N–H and O–H groups in total. The summed E-state index contributed by atoms with van der Waals surface area (Å²) >= 11 is 0. The van der Waals surface area contributed by atoms with Gasteiger partial charge in [0.2, 0.25) is 0 Å². The fourth-order valence-corrected chi connectivity index (χ4v) is 1.20. The lowest BCUT2D eigenvalue weighted by molar-refractivity contribution is -0.134.